The molecule has 0 bridgehead atoms. The van der Waals surface area contributed by atoms with Crippen LogP contribution in [0.25, 0.3) is 0 Å². The van der Waals surface area contributed by atoms with Gasteiger partial charge in [0.25, 0.3) is 12.3 Å². The van der Waals surface area contributed by atoms with Crippen molar-refractivity contribution in [3.05, 3.63) is 12.7 Å². The lowest BCUT2D eigenvalue weighted by atomic mass is 10.7. The Morgan fingerprint density at radius 1 is 2.00 bits per heavy atom. The molecule has 1 heteroatoms. The van der Waals surface area contributed by atoms with Crippen LogP contribution in [0, 0.1) is 11.5 Å². The van der Waals surface area contributed by atoms with Crippen LogP contribution in [0.4, 0.5) is 0 Å². The molecule has 0 amide bonds. The summed E-state index contributed by atoms with van der Waals surface area (Å²) in [5, 5.41) is 6.15. The first-order valence-corrected chi connectivity index (χ1v) is 0.931. The Bertz CT molecular complexity index is 24.3. The van der Waals surface area contributed by atoms with E-state index < -0.39 is 0 Å². The van der Waals surface area contributed by atoms with Gasteiger partial charge in [0.15, 0.2) is 0 Å². The molecule has 0 aromatic heterocycles. The van der Waals surface area contributed by atoms with Gasteiger partial charge in [0.05, 0.1) is 0 Å². The predicted molar refractivity (Wildman–Crippen MR) is 17.7 cm³/mol. The van der Waals surface area contributed by atoms with Crippen molar-refractivity contribution in [2.45, 2.75) is 0 Å². The number of hydrogen-bond donors (Lipinski definition) is 1. The summed E-state index contributed by atoms with van der Waals surface area (Å²) in [6.07, 6.45) is 3.24. The molecule has 0 aliphatic heterocycles. The Kier molecular flexibility index (Phi) is 1.93. The van der Waals surface area contributed by atoms with Gasteiger partial charge in [0.1, 0.15) is 6.58 Å². The van der Waals surface area contributed by atoms with Gasteiger partial charge in [-0.3, -0.25) is 5.41 Å². The van der Waals surface area contributed by atoms with E-state index in [4.69, 9.17) is 5.41 Å². The van der Waals surface area contributed by atoms with E-state index in [0.29, 0.717) is 0 Å². The van der Waals surface area contributed by atoms with Gasteiger partial charge >= 0.3 is 0 Å². The molecule has 0 saturated heterocycles. The molecular weight excluding hydrogens is 50.0 g/mol. The molecule has 0 rings (SSSR count). The number of allylic oxidation sites excluding steroid dienone is 1. The summed E-state index contributed by atoms with van der Waals surface area (Å²) in [5.41, 5.74) is 0. The lowest BCUT2D eigenvalue weighted by molar-refractivity contribution is 1.57. The Morgan fingerprint density at radius 2 is 2.25 bits per heavy atom. The lowest BCUT2D eigenvalue weighted by Gasteiger charge is -1.19. The van der Waals surface area contributed by atoms with Crippen molar-refractivity contribution >= 4 is 6.21 Å². The normalized spacial score (nSPS) is 4.00. The van der Waals surface area contributed by atoms with Crippen molar-refractivity contribution in [1.29, 1.82) is 5.41 Å². The van der Waals surface area contributed by atoms with E-state index in [-0.39, 0.29) is 0 Å². The van der Waals surface area contributed by atoms with Crippen LogP contribution in [0.2, 0.25) is 0 Å². The summed E-state index contributed by atoms with van der Waals surface area (Å²) in [6.45, 7) is 3.11. The van der Waals surface area contributed by atoms with E-state index in [2.05, 4.69) is 12.7 Å². The maximum atomic E-state index is 6.15. The third-order valence-electron chi connectivity index (χ3n) is 0.102. The van der Waals surface area contributed by atoms with Gasteiger partial charge in [-0.05, 0) is 0 Å². The number of hydrogen-bond acceptors (Lipinski definition) is 1. The minimum Gasteiger partial charge on any atom is -0.258 e. The summed E-state index contributed by atoms with van der Waals surface area (Å²) in [5.74, 6) is 0. The predicted octanol–water partition coefficient (Wildman–Crippen LogP) is 0.625. The molecule has 0 heterocycles. The molecule has 0 saturated carbocycles. The molecule has 0 aromatic rings. The highest BCUT2D eigenvalue weighted by atomic mass is 14.3. The number of nitrogens with one attached hydrogen (secondary N) is 1. The molecule has 0 aromatic carbocycles. The summed E-state index contributed by atoms with van der Waals surface area (Å²) in [6, 6.07) is 0. The highest BCUT2D eigenvalue weighted by Crippen LogP contribution is 1.33. The summed E-state index contributed by atoms with van der Waals surface area (Å²) in [7, 11) is 0. The van der Waals surface area contributed by atoms with E-state index in [1.54, 1.807) is 0 Å². The second kappa shape index (κ2) is 2.32. The average Bonchev–Trinajstić information content (AvgIpc) is 1.37. The van der Waals surface area contributed by atoms with Crippen molar-refractivity contribution in [2.24, 2.45) is 0 Å². The molecule has 0 radical (unpaired) electrons. The molecule has 1 nitrogen and oxygen atoms in total. The van der Waals surface area contributed by atoms with Crippen LogP contribution in [0.5, 0.6) is 0 Å². The van der Waals surface area contributed by atoms with Gasteiger partial charge < -0.3 is 0 Å². The molecule has 0 atom stereocenters. The van der Waals surface area contributed by atoms with Gasteiger partial charge in [0.2, 0.25) is 0 Å². The van der Waals surface area contributed by atoms with Crippen LogP contribution < -0.4 is 0 Å². The van der Waals surface area contributed by atoms with Crippen molar-refractivity contribution in [3.8, 4) is 0 Å². The number of rotatable bonds is 1. The fraction of sp³-hybridized carbons (Fsp3) is 0. The SMILES string of the molecule is C=[C+]C=N. The fourth-order valence-corrected chi connectivity index (χ4v) is 0. The molecule has 0 aliphatic rings. The minimum absolute atomic E-state index is 1.01. The molecule has 4 heavy (non-hydrogen) atoms. The Labute approximate surface area is 25.5 Å². The van der Waals surface area contributed by atoms with Crippen molar-refractivity contribution in [2.75, 3.05) is 0 Å². The monoisotopic (exact) mass is 54.0 g/mol. The highest BCUT2D eigenvalue weighted by Gasteiger charge is 1.58. The standard InChI is InChI=1S/C3H4N/c1-2-3-4/h3-4H,1H2/q+1. The second-order valence-corrected chi connectivity index (χ2v) is 0.348. The zero-order valence-electron chi connectivity index (χ0n) is 2.28. The van der Waals surface area contributed by atoms with Crippen molar-refractivity contribution in [3.63, 3.8) is 0 Å². The largest absolute Gasteiger partial charge is 0.271 e. The summed E-state index contributed by atoms with van der Waals surface area (Å²) < 4.78 is 0. The van der Waals surface area contributed by atoms with Gasteiger partial charge in [0, 0.05) is 0 Å². The Morgan fingerprint density at radius 3 is 2.25 bits per heavy atom. The van der Waals surface area contributed by atoms with Gasteiger partial charge in [-0.1, -0.05) is 0 Å². The average molecular weight is 54.1 g/mol. The molecule has 0 spiro atoms. The fourth-order valence-electron chi connectivity index (χ4n) is 0. The van der Waals surface area contributed by atoms with E-state index in [0.717, 1.165) is 6.21 Å². The minimum atomic E-state index is 1.01. The molecule has 0 fully saturated rings. The van der Waals surface area contributed by atoms with E-state index in [9.17, 15) is 0 Å². The lowest BCUT2D eigenvalue weighted by Crippen LogP contribution is -1.44. The smallest absolute Gasteiger partial charge is 0.258 e. The second-order valence-electron chi connectivity index (χ2n) is 0.348. The van der Waals surface area contributed by atoms with Crippen molar-refractivity contribution < 1.29 is 0 Å². The van der Waals surface area contributed by atoms with Crippen LogP contribution in [0.3, 0.4) is 0 Å². The molecule has 0 unspecified atom stereocenters. The summed E-state index contributed by atoms with van der Waals surface area (Å²) >= 11 is 0. The molecular formula is C3H4N+. The van der Waals surface area contributed by atoms with E-state index >= 15 is 0 Å². The third-order valence-corrected chi connectivity index (χ3v) is 0.102. The van der Waals surface area contributed by atoms with Gasteiger partial charge in [-0.25, -0.2) is 0 Å². The van der Waals surface area contributed by atoms with Crippen LogP contribution >= 0.6 is 0 Å². The van der Waals surface area contributed by atoms with Crippen LogP contribution in [0.15, 0.2) is 6.58 Å². The molecule has 0 aliphatic carbocycles. The molecule has 20 valence electrons. The van der Waals surface area contributed by atoms with E-state index in [1.807, 2.05) is 0 Å². The quantitative estimate of drug-likeness (QED) is 0.335. The summed E-state index contributed by atoms with van der Waals surface area (Å²) in [4.78, 5) is 0. The first kappa shape index (κ1) is 3.32. The topological polar surface area (TPSA) is 23.9 Å². The maximum absolute atomic E-state index is 6.15. The Hall–Kier alpha value is -0.680. The van der Waals surface area contributed by atoms with Gasteiger partial charge in [-0.2, -0.15) is 0 Å². The molecule has 1 N–H and O–H groups in total. The zero-order valence-corrected chi connectivity index (χ0v) is 2.28. The highest BCUT2D eigenvalue weighted by molar-refractivity contribution is 5.61. The van der Waals surface area contributed by atoms with Gasteiger partial charge in [-0.15, -0.1) is 0 Å². The van der Waals surface area contributed by atoms with E-state index in [1.165, 1.54) is 0 Å². The first-order chi connectivity index (χ1) is 1.91. The van der Waals surface area contributed by atoms with Crippen molar-refractivity contribution in [1.82, 2.24) is 0 Å². The maximum Gasteiger partial charge on any atom is 0.271 e. The van der Waals surface area contributed by atoms with Crippen LogP contribution in [-0.2, 0) is 0 Å². The van der Waals surface area contributed by atoms with Crippen LogP contribution in [-0.4, -0.2) is 6.21 Å². The zero-order chi connectivity index (χ0) is 3.41. The van der Waals surface area contributed by atoms with Crippen LogP contribution in [0.1, 0.15) is 0 Å². The Balaban J connectivity index is 2.73. The first-order valence-electron chi connectivity index (χ1n) is 0.931. The third kappa shape index (κ3) is 1.32.